The summed E-state index contributed by atoms with van der Waals surface area (Å²) in [6.45, 7) is 11.9. The van der Waals surface area contributed by atoms with E-state index in [9.17, 15) is 0 Å². The normalized spacial score (nSPS) is 12.2. The van der Waals surface area contributed by atoms with E-state index in [0.29, 0.717) is 5.41 Å². The molecule has 74 valence electrons. The molecule has 13 heavy (non-hydrogen) atoms. The summed E-state index contributed by atoms with van der Waals surface area (Å²) in [6, 6.07) is 0. The zero-order valence-electron chi connectivity index (χ0n) is 8.98. The fourth-order valence-corrected chi connectivity index (χ4v) is 1.87. The summed E-state index contributed by atoms with van der Waals surface area (Å²) in [5.74, 6) is 0. The predicted octanol–water partition coefficient (Wildman–Crippen LogP) is 3.15. The lowest BCUT2D eigenvalue weighted by atomic mass is 9.97. The van der Waals surface area contributed by atoms with Gasteiger partial charge in [-0.25, -0.2) is 0 Å². The van der Waals surface area contributed by atoms with Gasteiger partial charge in [-0.2, -0.15) is 5.10 Å². The van der Waals surface area contributed by atoms with Gasteiger partial charge in [0.05, 0.1) is 5.69 Å². The monoisotopic (exact) mass is 292 g/mol. The second kappa shape index (κ2) is 3.59. The Morgan fingerprint density at radius 2 is 1.85 bits per heavy atom. The van der Waals surface area contributed by atoms with E-state index < -0.39 is 0 Å². The Labute approximate surface area is 93.9 Å². The van der Waals surface area contributed by atoms with Crippen LogP contribution in [0, 0.1) is 23.0 Å². The molecule has 0 aromatic carbocycles. The SMILES string of the molecule is Cc1nn(CC(C)(C)C)c(I)c1C. The van der Waals surface area contributed by atoms with Crippen LogP contribution in [0.1, 0.15) is 32.0 Å². The Morgan fingerprint density at radius 3 is 2.15 bits per heavy atom. The molecule has 0 unspecified atom stereocenters. The predicted molar refractivity (Wildman–Crippen MR) is 63.9 cm³/mol. The molecular formula is C10H17IN2. The number of nitrogens with zero attached hydrogens (tertiary/aromatic N) is 2. The minimum absolute atomic E-state index is 0.296. The largest absolute Gasteiger partial charge is 0.258 e. The van der Waals surface area contributed by atoms with E-state index in [1.165, 1.54) is 9.26 Å². The molecule has 0 N–H and O–H groups in total. The number of hydrogen-bond acceptors (Lipinski definition) is 1. The first-order chi connectivity index (χ1) is 5.81. The third-order valence-corrected chi connectivity index (χ3v) is 3.34. The molecule has 0 aliphatic heterocycles. The van der Waals surface area contributed by atoms with Gasteiger partial charge in [-0.05, 0) is 41.9 Å². The number of aryl methyl sites for hydroxylation is 1. The Bertz CT molecular complexity index is 307. The molecule has 0 spiro atoms. The lowest BCUT2D eigenvalue weighted by molar-refractivity contribution is 0.321. The van der Waals surface area contributed by atoms with Crippen LogP contribution in [0.25, 0.3) is 0 Å². The van der Waals surface area contributed by atoms with Gasteiger partial charge in [0, 0.05) is 12.1 Å². The van der Waals surface area contributed by atoms with Crippen molar-refractivity contribution >= 4 is 22.6 Å². The van der Waals surface area contributed by atoms with Gasteiger partial charge < -0.3 is 0 Å². The third-order valence-electron chi connectivity index (χ3n) is 1.97. The zero-order chi connectivity index (χ0) is 10.2. The minimum atomic E-state index is 0.296. The summed E-state index contributed by atoms with van der Waals surface area (Å²) in [5, 5.41) is 4.50. The van der Waals surface area contributed by atoms with E-state index in [1.807, 2.05) is 0 Å². The molecule has 2 nitrogen and oxygen atoms in total. The fraction of sp³-hybridized carbons (Fsp3) is 0.700. The van der Waals surface area contributed by atoms with Crippen molar-refractivity contribution in [2.75, 3.05) is 0 Å². The molecule has 0 bridgehead atoms. The van der Waals surface area contributed by atoms with Crippen LogP contribution in [0.2, 0.25) is 0 Å². The second-order valence-corrected chi connectivity index (χ2v) is 5.74. The van der Waals surface area contributed by atoms with Gasteiger partial charge >= 0.3 is 0 Å². The Kier molecular flexibility index (Phi) is 3.05. The van der Waals surface area contributed by atoms with Crippen molar-refractivity contribution in [1.29, 1.82) is 0 Å². The van der Waals surface area contributed by atoms with E-state index in [-0.39, 0.29) is 0 Å². The summed E-state index contributed by atoms with van der Waals surface area (Å²) >= 11 is 2.37. The summed E-state index contributed by atoms with van der Waals surface area (Å²) < 4.78 is 3.37. The van der Waals surface area contributed by atoms with Gasteiger partial charge in [-0.1, -0.05) is 20.8 Å². The summed E-state index contributed by atoms with van der Waals surface area (Å²) in [7, 11) is 0. The van der Waals surface area contributed by atoms with Crippen molar-refractivity contribution in [3.63, 3.8) is 0 Å². The summed E-state index contributed by atoms with van der Waals surface area (Å²) in [5.41, 5.74) is 2.75. The molecule has 1 aromatic heterocycles. The number of halogens is 1. The van der Waals surface area contributed by atoms with Crippen molar-refractivity contribution in [1.82, 2.24) is 9.78 Å². The lowest BCUT2D eigenvalue weighted by Crippen LogP contribution is -2.17. The highest BCUT2D eigenvalue weighted by Crippen LogP contribution is 2.21. The molecule has 0 amide bonds. The molecule has 1 rings (SSSR count). The molecule has 0 aliphatic rings. The van der Waals surface area contributed by atoms with E-state index in [1.54, 1.807) is 0 Å². The molecule has 0 atom stereocenters. The molecule has 1 heterocycles. The average molecular weight is 292 g/mol. The van der Waals surface area contributed by atoms with Crippen molar-refractivity contribution in [3.05, 3.63) is 15.0 Å². The summed E-state index contributed by atoms with van der Waals surface area (Å²) in [4.78, 5) is 0. The minimum Gasteiger partial charge on any atom is -0.258 e. The van der Waals surface area contributed by atoms with Crippen molar-refractivity contribution < 1.29 is 0 Å². The first kappa shape index (κ1) is 11.0. The fourth-order valence-electron chi connectivity index (χ4n) is 1.20. The molecule has 0 aliphatic carbocycles. The zero-order valence-corrected chi connectivity index (χ0v) is 11.1. The van der Waals surface area contributed by atoms with E-state index in [0.717, 1.165) is 12.2 Å². The van der Waals surface area contributed by atoms with Crippen LogP contribution in [0.3, 0.4) is 0 Å². The Balaban J connectivity index is 2.97. The maximum atomic E-state index is 4.50. The molecular weight excluding hydrogens is 275 g/mol. The van der Waals surface area contributed by atoms with Gasteiger partial charge in [0.25, 0.3) is 0 Å². The number of hydrogen-bond donors (Lipinski definition) is 0. The van der Waals surface area contributed by atoms with E-state index in [4.69, 9.17) is 0 Å². The Morgan fingerprint density at radius 1 is 1.31 bits per heavy atom. The van der Waals surface area contributed by atoms with Gasteiger partial charge in [-0.3, -0.25) is 4.68 Å². The first-order valence-corrected chi connectivity index (χ1v) is 5.58. The maximum Gasteiger partial charge on any atom is 0.102 e. The highest BCUT2D eigenvalue weighted by atomic mass is 127. The van der Waals surface area contributed by atoms with Crippen LogP contribution in [-0.4, -0.2) is 9.78 Å². The lowest BCUT2D eigenvalue weighted by Gasteiger charge is -2.18. The molecule has 0 radical (unpaired) electrons. The second-order valence-electron chi connectivity index (χ2n) is 4.72. The van der Waals surface area contributed by atoms with Gasteiger partial charge in [0.1, 0.15) is 3.70 Å². The first-order valence-electron chi connectivity index (χ1n) is 4.51. The quantitative estimate of drug-likeness (QED) is 0.727. The van der Waals surface area contributed by atoms with E-state index >= 15 is 0 Å². The van der Waals surface area contributed by atoms with Crippen LogP contribution in [0.4, 0.5) is 0 Å². The smallest absolute Gasteiger partial charge is 0.102 e. The number of rotatable bonds is 1. The van der Waals surface area contributed by atoms with Crippen LogP contribution in [0.5, 0.6) is 0 Å². The average Bonchev–Trinajstić information content (AvgIpc) is 2.15. The summed E-state index contributed by atoms with van der Waals surface area (Å²) in [6.07, 6.45) is 0. The van der Waals surface area contributed by atoms with Crippen molar-refractivity contribution in [3.8, 4) is 0 Å². The molecule has 1 aromatic rings. The third kappa shape index (κ3) is 2.69. The van der Waals surface area contributed by atoms with Gasteiger partial charge in [-0.15, -0.1) is 0 Å². The molecule has 0 saturated carbocycles. The highest BCUT2D eigenvalue weighted by molar-refractivity contribution is 14.1. The maximum absolute atomic E-state index is 4.50. The van der Waals surface area contributed by atoms with Crippen LogP contribution in [0.15, 0.2) is 0 Å². The molecule has 3 heteroatoms. The van der Waals surface area contributed by atoms with E-state index in [2.05, 4.69) is 67.0 Å². The van der Waals surface area contributed by atoms with Crippen LogP contribution >= 0.6 is 22.6 Å². The van der Waals surface area contributed by atoms with Crippen molar-refractivity contribution in [2.45, 2.75) is 41.2 Å². The standard InChI is InChI=1S/C10H17IN2/c1-7-8(2)12-13(9(7)11)6-10(3,4)5/h6H2,1-5H3. The topological polar surface area (TPSA) is 17.8 Å². The molecule has 0 saturated heterocycles. The molecule has 0 fully saturated rings. The van der Waals surface area contributed by atoms with Gasteiger partial charge in [0.15, 0.2) is 0 Å². The number of aromatic nitrogens is 2. The van der Waals surface area contributed by atoms with Gasteiger partial charge in [0.2, 0.25) is 0 Å². The van der Waals surface area contributed by atoms with Crippen LogP contribution < -0.4 is 0 Å². The van der Waals surface area contributed by atoms with Crippen molar-refractivity contribution in [2.24, 2.45) is 5.41 Å². The van der Waals surface area contributed by atoms with Crippen LogP contribution in [-0.2, 0) is 6.54 Å². The Hall–Kier alpha value is -0.0600. The highest BCUT2D eigenvalue weighted by Gasteiger charge is 2.15.